The van der Waals surface area contributed by atoms with Crippen molar-refractivity contribution >= 4 is 11.8 Å². The number of fused-ring (bicyclic) bond motifs is 2. The van der Waals surface area contributed by atoms with Gasteiger partial charge in [0.05, 0.1) is 5.69 Å². The van der Waals surface area contributed by atoms with Gasteiger partial charge < -0.3 is 5.11 Å². The minimum atomic E-state index is -0.0711. The molecule has 0 aliphatic heterocycles. The van der Waals surface area contributed by atoms with E-state index >= 15 is 0 Å². The summed E-state index contributed by atoms with van der Waals surface area (Å²) in [5.41, 5.74) is 4.05. The molecule has 4 rings (SSSR count). The third kappa shape index (κ3) is 2.51. The summed E-state index contributed by atoms with van der Waals surface area (Å²) in [6, 6.07) is 5.42. The highest BCUT2D eigenvalue weighted by Gasteiger charge is 2.39. The number of hydrogen-bond acceptors (Lipinski definition) is 4. The van der Waals surface area contributed by atoms with E-state index in [2.05, 4.69) is 16.0 Å². The molecule has 5 heteroatoms. The normalized spacial score (nSPS) is 22.7. The average Bonchev–Trinajstić information content (AvgIpc) is 2.54. The molecule has 3 nitrogen and oxygen atoms in total. The van der Waals surface area contributed by atoms with E-state index in [1.54, 1.807) is 6.07 Å². The number of thioether (sulfide) groups is 1. The Bertz CT molecular complexity index is 780. The van der Waals surface area contributed by atoms with Crippen LogP contribution in [0.4, 0.5) is 4.39 Å². The van der Waals surface area contributed by atoms with E-state index in [0.717, 1.165) is 60.9 Å². The lowest BCUT2D eigenvalue weighted by atomic mass is 9.63. The standard InChI is InChI=1S/C18H19FN2OS/c1-23-17-20-15-10-18(8-6-13(15)16(22)21-17)7-5-12-11(9-18)3-2-4-14(12)19/h2-4H,5-10H2,1H3,(H,20,21,22)/t18-/m1/s1. The Labute approximate surface area is 139 Å². The number of benzene rings is 1. The number of rotatable bonds is 1. The van der Waals surface area contributed by atoms with Crippen molar-refractivity contribution in [1.82, 2.24) is 9.97 Å². The second-order valence-corrected chi connectivity index (χ2v) is 7.46. The molecule has 23 heavy (non-hydrogen) atoms. The minimum Gasteiger partial charge on any atom is -0.493 e. The van der Waals surface area contributed by atoms with Crippen LogP contribution in [0.15, 0.2) is 23.4 Å². The molecule has 1 aromatic heterocycles. The molecule has 1 N–H and O–H groups in total. The van der Waals surface area contributed by atoms with Gasteiger partial charge in [-0.3, -0.25) is 0 Å². The van der Waals surface area contributed by atoms with Gasteiger partial charge in [-0.05, 0) is 67.4 Å². The van der Waals surface area contributed by atoms with Gasteiger partial charge in [0.15, 0.2) is 5.16 Å². The smallest absolute Gasteiger partial charge is 0.218 e. The van der Waals surface area contributed by atoms with Crippen LogP contribution in [0.25, 0.3) is 0 Å². The second kappa shape index (κ2) is 5.48. The Hall–Kier alpha value is -1.62. The fourth-order valence-electron chi connectivity index (χ4n) is 4.12. The third-order valence-electron chi connectivity index (χ3n) is 5.37. The molecule has 120 valence electrons. The molecule has 2 aliphatic carbocycles. The fourth-order valence-corrected chi connectivity index (χ4v) is 4.50. The van der Waals surface area contributed by atoms with Crippen LogP contribution in [-0.2, 0) is 25.7 Å². The van der Waals surface area contributed by atoms with Gasteiger partial charge in [-0.1, -0.05) is 23.9 Å². The fraction of sp³-hybridized carbons (Fsp3) is 0.444. The average molecular weight is 330 g/mol. The molecule has 0 amide bonds. The van der Waals surface area contributed by atoms with Gasteiger partial charge >= 0.3 is 0 Å². The largest absolute Gasteiger partial charge is 0.493 e. The van der Waals surface area contributed by atoms with E-state index < -0.39 is 0 Å². The Morgan fingerprint density at radius 1 is 1.13 bits per heavy atom. The predicted molar refractivity (Wildman–Crippen MR) is 88.4 cm³/mol. The number of halogens is 1. The van der Waals surface area contributed by atoms with Crippen molar-refractivity contribution in [3.63, 3.8) is 0 Å². The highest BCUT2D eigenvalue weighted by molar-refractivity contribution is 7.98. The summed E-state index contributed by atoms with van der Waals surface area (Å²) in [5.74, 6) is 0.0645. The summed E-state index contributed by atoms with van der Waals surface area (Å²) in [6.07, 6.45) is 7.26. The molecule has 1 aromatic carbocycles. The summed E-state index contributed by atoms with van der Waals surface area (Å²) >= 11 is 1.45. The van der Waals surface area contributed by atoms with Gasteiger partial charge in [0, 0.05) is 5.56 Å². The molecule has 0 fully saturated rings. The lowest BCUT2D eigenvalue weighted by Crippen LogP contribution is -2.36. The maximum Gasteiger partial charge on any atom is 0.218 e. The first-order valence-electron chi connectivity index (χ1n) is 7.99. The van der Waals surface area contributed by atoms with Crippen LogP contribution in [-0.4, -0.2) is 21.3 Å². The predicted octanol–water partition coefficient (Wildman–Crippen LogP) is 3.71. The van der Waals surface area contributed by atoms with Crippen molar-refractivity contribution in [1.29, 1.82) is 0 Å². The van der Waals surface area contributed by atoms with Gasteiger partial charge in [-0.15, -0.1) is 0 Å². The number of aromatic hydroxyl groups is 1. The van der Waals surface area contributed by atoms with E-state index in [4.69, 9.17) is 0 Å². The molecular weight excluding hydrogens is 311 g/mol. The molecule has 1 atom stereocenters. The molecule has 2 aromatic rings. The van der Waals surface area contributed by atoms with E-state index in [1.807, 2.05) is 12.3 Å². The van der Waals surface area contributed by atoms with Crippen LogP contribution in [0.5, 0.6) is 5.88 Å². The highest BCUT2D eigenvalue weighted by Crippen LogP contribution is 2.46. The Kier molecular flexibility index (Phi) is 3.56. The Morgan fingerprint density at radius 3 is 2.70 bits per heavy atom. The van der Waals surface area contributed by atoms with Crippen LogP contribution in [0.2, 0.25) is 0 Å². The van der Waals surface area contributed by atoms with Crippen LogP contribution in [0.1, 0.15) is 35.2 Å². The number of aromatic nitrogens is 2. The summed E-state index contributed by atoms with van der Waals surface area (Å²) in [5, 5.41) is 10.8. The quantitative estimate of drug-likeness (QED) is 0.639. The van der Waals surface area contributed by atoms with Crippen molar-refractivity contribution in [2.45, 2.75) is 43.7 Å². The molecule has 1 heterocycles. The van der Waals surface area contributed by atoms with Crippen LogP contribution in [0, 0.1) is 11.2 Å². The summed E-state index contributed by atoms with van der Waals surface area (Å²) in [6.45, 7) is 0. The first-order chi connectivity index (χ1) is 11.1. The summed E-state index contributed by atoms with van der Waals surface area (Å²) < 4.78 is 14.0. The van der Waals surface area contributed by atoms with Crippen molar-refractivity contribution in [2.75, 3.05) is 6.26 Å². The first-order valence-corrected chi connectivity index (χ1v) is 9.22. The van der Waals surface area contributed by atoms with Gasteiger partial charge in [-0.25, -0.2) is 9.37 Å². The molecule has 1 spiro atoms. The van der Waals surface area contributed by atoms with Gasteiger partial charge in [0.1, 0.15) is 5.82 Å². The van der Waals surface area contributed by atoms with E-state index in [1.165, 1.54) is 11.8 Å². The maximum absolute atomic E-state index is 14.0. The van der Waals surface area contributed by atoms with Crippen LogP contribution >= 0.6 is 11.8 Å². The third-order valence-corrected chi connectivity index (χ3v) is 5.92. The molecule has 2 aliphatic rings. The number of hydrogen-bond donors (Lipinski definition) is 1. The van der Waals surface area contributed by atoms with Gasteiger partial charge in [-0.2, -0.15) is 4.98 Å². The van der Waals surface area contributed by atoms with Gasteiger partial charge in [0.25, 0.3) is 0 Å². The van der Waals surface area contributed by atoms with Crippen molar-refractivity contribution in [2.24, 2.45) is 5.41 Å². The number of nitrogens with zero attached hydrogens (tertiary/aromatic N) is 2. The molecule has 0 unspecified atom stereocenters. The lowest BCUT2D eigenvalue weighted by molar-refractivity contribution is 0.202. The molecule has 0 saturated carbocycles. The van der Waals surface area contributed by atoms with E-state index in [9.17, 15) is 9.50 Å². The van der Waals surface area contributed by atoms with E-state index in [-0.39, 0.29) is 17.1 Å². The van der Waals surface area contributed by atoms with Crippen molar-refractivity contribution in [3.8, 4) is 5.88 Å². The Balaban J connectivity index is 1.69. The molecule has 0 saturated heterocycles. The topological polar surface area (TPSA) is 46.0 Å². The second-order valence-electron chi connectivity index (χ2n) is 6.69. The lowest BCUT2D eigenvalue weighted by Gasteiger charge is -2.41. The first kappa shape index (κ1) is 14.9. The van der Waals surface area contributed by atoms with E-state index in [0.29, 0.717) is 5.16 Å². The zero-order chi connectivity index (χ0) is 16.0. The maximum atomic E-state index is 14.0. The van der Waals surface area contributed by atoms with Gasteiger partial charge in [0.2, 0.25) is 5.88 Å². The van der Waals surface area contributed by atoms with Crippen LogP contribution < -0.4 is 0 Å². The zero-order valence-corrected chi connectivity index (χ0v) is 13.9. The molecular formula is C18H19FN2OS. The SMILES string of the molecule is CSc1nc(O)c2c(n1)C[C@]1(CCc3c(F)cccc3C1)CC2. The minimum absolute atomic E-state index is 0.0711. The summed E-state index contributed by atoms with van der Waals surface area (Å²) in [4.78, 5) is 8.78. The summed E-state index contributed by atoms with van der Waals surface area (Å²) in [7, 11) is 0. The Morgan fingerprint density at radius 2 is 1.91 bits per heavy atom. The van der Waals surface area contributed by atoms with Crippen molar-refractivity contribution in [3.05, 3.63) is 46.4 Å². The zero-order valence-electron chi connectivity index (χ0n) is 13.1. The molecule has 0 bridgehead atoms. The monoisotopic (exact) mass is 330 g/mol. The molecule has 0 radical (unpaired) electrons. The van der Waals surface area contributed by atoms with Crippen molar-refractivity contribution < 1.29 is 9.50 Å². The highest BCUT2D eigenvalue weighted by atomic mass is 32.2. The van der Waals surface area contributed by atoms with Crippen LogP contribution in [0.3, 0.4) is 0 Å².